The number of morpholine rings is 1. The molecular weight excluding hydrogens is 426 g/mol. The molecule has 4 rings (SSSR count). The highest BCUT2D eigenvalue weighted by atomic mass is 16.5. The van der Waals surface area contributed by atoms with Crippen LogP contribution in [0.15, 0.2) is 84.9 Å². The van der Waals surface area contributed by atoms with E-state index in [2.05, 4.69) is 22.3 Å². The van der Waals surface area contributed by atoms with Crippen LogP contribution in [0.25, 0.3) is 0 Å². The van der Waals surface area contributed by atoms with Crippen LogP contribution in [0.4, 0.5) is 10.5 Å². The zero-order valence-electron chi connectivity index (χ0n) is 19.6. The number of amides is 2. The lowest BCUT2D eigenvalue weighted by Crippen LogP contribution is -2.40. The third kappa shape index (κ3) is 7.61. The summed E-state index contributed by atoms with van der Waals surface area (Å²) in [6.07, 6.45) is 0.917. The van der Waals surface area contributed by atoms with Crippen LogP contribution in [0.1, 0.15) is 17.5 Å². The summed E-state index contributed by atoms with van der Waals surface area (Å²) in [7, 11) is 0. The van der Waals surface area contributed by atoms with E-state index in [1.54, 1.807) is 0 Å². The van der Waals surface area contributed by atoms with Gasteiger partial charge in [0.15, 0.2) is 0 Å². The second-order valence-corrected chi connectivity index (χ2v) is 8.44. The van der Waals surface area contributed by atoms with Gasteiger partial charge in [-0.3, -0.25) is 4.90 Å². The van der Waals surface area contributed by atoms with Crippen LogP contribution >= 0.6 is 0 Å². The number of para-hydroxylation sites is 1. The van der Waals surface area contributed by atoms with Crippen LogP contribution in [-0.2, 0) is 17.9 Å². The molecule has 1 heterocycles. The predicted octanol–water partition coefficient (Wildman–Crippen LogP) is 5.02. The first-order valence-corrected chi connectivity index (χ1v) is 11.9. The lowest BCUT2D eigenvalue weighted by atomic mass is 10.2. The van der Waals surface area contributed by atoms with Gasteiger partial charge in [-0.2, -0.15) is 0 Å². The van der Waals surface area contributed by atoms with Crippen LogP contribution in [0.2, 0.25) is 0 Å². The molecule has 178 valence electrons. The molecule has 0 unspecified atom stereocenters. The van der Waals surface area contributed by atoms with Crippen molar-refractivity contribution < 1.29 is 14.3 Å². The fourth-order valence-corrected chi connectivity index (χ4v) is 3.94. The van der Waals surface area contributed by atoms with Crippen molar-refractivity contribution in [3.05, 3.63) is 96.1 Å². The van der Waals surface area contributed by atoms with Crippen LogP contribution in [0.3, 0.4) is 0 Å². The topological polar surface area (TPSA) is 54.0 Å². The molecule has 0 aromatic heterocycles. The monoisotopic (exact) mass is 459 g/mol. The van der Waals surface area contributed by atoms with Crippen molar-refractivity contribution in [2.45, 2.75) is 19.6 Å². The fraction of sp³-hybridized carbons (Fsp3) is 0.321. The lowest BCUT2D eigenvalue weighted by molar-refractivity contribution is 0.0365. The summed E-state index contributed by atoms with van der Waals surface area (Å²) in [5.74, 6) is 0.820. The van der Waals surface area contributed by atoms with E-state index >= 15 is 0 Å². The second kappa shape index (κ2) is 12.8. The maximum Gasteiger partial charge on any atom is 0.322 e. The van der Waals surface area contributed by atoms with E-state index in [0.717, 1.165) is 61.8 Å². The molecule has 1 aliphatic rings. The summed E-state index contributed by atoms with van der Waals surface area (Å²) in [4.78, 5) is 17.4. The summed E-state index contributed by atoms with van der Waals surface area (Å²) in [5.41, 5.74) is 3.01. The molecule has 1 saturated heterocycles. The largest absolute Gasteiger partial charge is 0.489 e. The van der Waals surface area contributed by atoms with Crippen LogP contribution in [-0.4, -0.2) is 55.2 Å². The number of carbonyl (C=O) groups excluding carboxylic acids is 1. The number of rotatable bonds is 10. The minimum absolute atomic E-state index is 0.0856. The maximum atomic E-state index is 13.1. The van der Waals surface area contributed by atoms with E-state index in [4.69, 9.17) is 9.47 Å². The SMILES string of the molecule is O=C(Nc1ccccc1)N(CCCN1CCOCC1)Cc1ccc(OCc2ccccc2)cc1. The minimum Gasteiger partial charge on any atom is -0.489 e. The zero-order valence-corrected chi connectivity index (χ0v) is 19.6. The van der Waals surface area contributed by atoms with Crippen LogP contribution in [0, 0.1) is 0 Å². The number of urea groups is 1. The Labute approximate surface area is 202 Å². The number of nitrogens with zero attached hydrogens (tertiary/aromatic N) is 2. The molecule has 0 radical (unpaired) electrons. The summed E-state index contributed by atoms with van der Waals surface area (Å²) in [6, 6.07) is 27.6. The molecule has 0 atom stereocenters. The number of benzene rings is 3. The van der Waals surface area contributed by atoms with Crippen molar-refractivity contribution in [1.29, 1.82) is 0 Å². The van der Waals surface area contributed by atoms with E-state index in [0.29, 0.717) is 19.7 Å². The zero-order chi connectivity index (χ0) is 23.4. The number of nitrogens with one attached hydrogen (secondary N) is 1. The van der Waals surface area contributed by atoms with E-state index in [-0.39, 0.29) is 6.03 Å². The Morgan fingerprint density at radius 1 is 0.882 bits per heavy atom. The van der Waals surface area contributed by atoms with E-state index in [9.17, 15) is 4.79 Å². The Morgan fingerprint density at radius 2 is 1.56 bits per heavy atom. The molecule has 3 aromatic rings. The number of carbonyl (C=O) groups is 1. The molecule has 34 heavy (non-hydrogen) atoms. The Balaban J connectivity index is 1.34. The molecule has 6 heteroatoms. The van der Waals surface area contributed by atoms with E-state index < -0.39 is 0 Å². The highest BCUT2D eigenvalue weighted by molar-refractivity contribution is 5.89. The van der Waals surface area contributed by atoms with E-state index in [1.807, 2.05) is 77.7 Å². The highest BCUT2D eigenvalue weighted by Gasteiger charge is 2.16. The summed E-state index contributed by atoms with van der Waals surface area (Å²) in [6.45, 7) is 6.22. The quantitative estimate of drug-likeness (QED) is 0.462. The van der Waals surface area contributed by atoms with Crippen molar-refractivity contribution in [1.82, 2.24) is 9.80 Å². The van der Waals surface area contributed by atoms with Gasteiger partial charge in [-0.15, -0.1) is 0 Å². The summed E-state index contributed by atoms with van der Waals surface area (Å²) < 4.78 is 11.3. The maximum absolute atomic E-state index is 13.1. The third-order valence-electron chi connectivity index (χ3n) is 5.86. The Morgan fingerprint density at radius 3 is 2.26 bits per heavy atom. The highest BCUT2D eigenvalue weighted by Crippen LogP contribution is 2.17. The van der Waals surface area contributed by atoms with Gasteiger partial charge in [-0.05, 0) is 41.8 Å². The normalized spacial score (nSPS) is 13.9. The molecule has 0 saturated carbocycles. The number of hydrogen-bond donors (Lipinski definition) is 1. The molecule has 0 aliphatic carbocycles. The van der Waals surface area contributed by atoms with Crippen molar-refractivity contribution in [2.75, 3.05) is 44.7 Å². The van der Waals surface area contributed by atoms with Crippen molar-refractivity contribution >= 4 is 11.7 Å². The van der Waals surface area contributed by atoms with Gasteiger partial charge in [0.05, 0.1) is 13.2 Å². The Hall–Kier alpha value is -3.35. The van der Waals surface area contributed by atoms with Crippen LogP contribution < -0.4 is 10.1 Å². The predicted molar refractivity (Wildman–Crippen MR) is 135 cm³/mol. The third-order valence-corrected chi connectivity index (χ3v) is 5.86. The molecule has 3 aromatic carbocycles. The van der Waals surface area contributed by atoms with Gasteiger partial charge in [-0.25, -0.2) is 4.79 Å². The minimum atomic E-state index is -0.0856. The van der Waals surface area contributed by atoms with Crippen molar-refractivity contribution in [2.24, 2.45) is 0 Å². The molecular formula is C28H33N3O3. The average Bonchev–Trinajstić information content (AvgIpc) is 2.89. The number of ether oxygens (including phenoxy) is 2. The Kier molecular flexibility index (Phi) is 8.94. The lowest BCUT2D eigenvalue weighted by Gasteiger charge is -2.28. The first-order chi connectivity index (χ1) is 16.8. The van der Waals surface area contributed by atoms with Gasteiger partial charge in [0.25, 0.3) is 0 Å². The fourth-order valence-electron chi connectivity index (χ4n) is 3.94. The van der Waals surface area contributed by atoms with Gasteiger partial charge in [0.1, 0.15) is 12.4 Å². The Bertz CT molecular complexity index is 990. The summed E-state index contributed by atoms with van der Waals surface area (Å²) in [5, 5.41) is 3.03. The molecule has 1 fully saturated rings. The van der Waals surface area contributed by atoms with E-state index in [1.165, 1.54) is 0 Å². The standard InChI is InChI=1S/C28H33N3O3/c32-28(29-26-10-5-2-6-11-26)31(17-7-16-30-18-20-33-21-19-30)22-24-12-14-27(15-13-24)34-23-25-8-3-1-4-9-25/h1-6,8-15H,7,16-23H2,(H,29,32). The molecule has 2 amide bonds. The molecule has 0 bridgehead atoms. The van der Waals surface area contributed by atoms with Crippen molar-refractivity contribution in [3.63, 3.8) is 0 Å². The van der Waals surface area contributed by atoms with Gasteiger partial charge < -0.3 is 19.7 Å². The molecule has 6 nitrogen and oxygen atoms in total. The molecule has 0 spiro atoms. The van der Waals surface area contributed by atoms with Gasteiger partial charge >= 0.3 is 6.03 Å². The molecule has 1 N–H and O–H groups in total. The van der Waals surface area contributed by atoms with Gasteiger partial charge in [-0.1, -0.05) is 60.7 Å². The first kappa shape index (κ1) is 23.8. The first-order valence-electron chi connectivity index (χ1n) is 11.9. The van der Waals surface area contributed by atoms with Gasteiger partial charge in [0, 0.05) is 38.4 Å². The van der Waals surface area contributed by atoms with Gasteiger partial charge in [0.2, 0.25) is 0 Å². The van der Waals surface area contributed by atoms with Crippen LogP contribution in [0.5, 0.6) is 5.75 Å². The second-order valence-electron chi connectivity index (χ2n) is 8.44. The number of hydrogen-bond acceptors (Lipinski definition) is 4. The van der Waals surface area contributed by atoms with Crippen molar-refractivity contribution in [3.8, 4) is 5.75 Å². The smallest absolute Gasteiger partial charge is 0.322 e. The average molecular weight is 460 g/mol. The molecule has 1 aliphatic heterocycles. The number of anilines is 1. The summed E-state index contributed by atoms with van der Waals surface area (Å²) >= 11 is 0.